The molecular weight excluding hydrogens is 126 g/mol. The fourth-order valence-corrected chi connectivity index (χ4v) is 1.00. The van der Waals surface area contributed by atoms with Gasteiger partial charge in [-0.2, -0.15) is 0 Å². The van der Waals surface area contributed by atoms with Crippen molar-refractivity contribution < 1.29 is 4.74 Å². The zero-order valence-electron chi connectivity index (χ0n) is 6.98. The lowest BCUT2D eigenvalue weighted by molar-refractivity contribution is 0.0130. The Morgan fingerprint density at radius 3 is 2.60 bits per heavy atom. The summed E-state index contributed by atoms with van der Waals surface area (Å²) in [6.45, 7) is 6.99. The quantitative estimate of drug-likeness (QED) is 0.576. The van der Waals surface area contributed by atoms with Crippen molar-refractivity contribution in [3.05, 3.63) is 0 Å². The maximum atomic E-state index is 5.49. The molecule has 0 amide bonds. The lowest BCUT2D eigenvalue weighted by atomic mass is 10.2. The molecule has 0 bridgehead atoms. The molecule has 1 aliphatic heterocycles. The van der Waals surface area contributed by atoms with Crippen molar-refractivity contribution in [2.75, 3.05) is 6.61 Å². The highest BCUT2D eigenvalue weighted by Crippen LogP contribution is 2.22. The van der Waals surface area contributed by atoms with Crippen LogP contribution < -0.4 is 0 Å². The molecule has 0 saturated heterocycles. The summed E-state index contributed by atoms with van der Waals surface area (Å²) in [4.78, 5) is 4.45. The highest BCUT2D eigenvalue weighted by Gasteiger charge is 2.27. The molecule has 10 heavy (non-hydrogen) atoms. The Morgan fingerprint density at radius 1 is 1.60 bits per heavy atom. The Bertz CT molecular complexity index is 153. The van der Waals surface area contributed by atoms with E-state index in [0.29, 0.717) is 0 Å². The second-order valence-electron chi connectivity index (χ2n) is 2.85. The van der Waals surface area contributed by atoms with Gasteiger partial charge in [-0.15, -0.1) is 0 Å². The number of rotatable bonds is 2. The Kier molecular flexibility index (Phi) is 2.09. The molecule has 0 radical (unpaired) electrons. The smallest absolute Gasteiger partial charge is 0.156 e. The van der Waals surface area contributed by atoms with Crippen molar-refractivity contribution in [1.29, 1.82) is 0 Å². The van der Waals surface area contributed by atoms with E-state index in [1.54, 1.807) is 0 Å². The summed E-state index contributed by atoms with van der Waals surface area (Å²) in [7, 11) is 0. The first kappa shape index (κ1) is 7.73. The van der Waals surface area contributed by atoms with Crippen LogP contribution in [0.5, 0.6) is 0 Å². The van der Waals surface area contributed by atoms with Crippen LogP contribution in [0.25, 0.3) is 0 Å². The summed E-state index contributed by atoms with van der Waals surface area (Å²) in [5.41, 5.74) is 0.995. The van der Waals surface area contributed by atoms with Crippen LogP contribution in [0.15, 0.2) is 4.99 Å². The molecule has 0 aromatic heterocycles. The van der Waals surface area contributed by atoms with Crippen LogP contribution in [-0.2, 0) is 4.74 Å². The molecule has 0 N–H and O–H groups in total. The van der Waals surface area contributed by atoms with E-state index in [1.165, 1.54) is 5.71 Å². The van der Waals surface area contributed by atoms with E-state index in [1.807, 2.05) is 6.92 Å². The Hall–Kier alpha value is -0.370. The van der Waals surface area contributed by atoms with Gasteiger partial charge in [0.2, 0.25) is 0 Å². The third kappa shape index (κ3) is 1.37. The van der Waals surface area contributed by atoms with E-state index in [0.717, 1.165) is 19.4 Å². The van der Waals surface area contributed by atoms with Crippen LogP contribution >= 0.6 is 0 Å². The predicted molar refractivity (Wildman–Crippen MR) is 42.4 cm³/mol. The third-order valence-corrected chi connectivity index (χ3v) is 2.01. The molecule has 0 spiro atoms. The fraction of sp³-hybridized carbons (Fsp3) is 0.875. The maximum Gasteiger partial charge on any atom is 0.156 e. The van der Waals surface area contributed by atoms with Gasteiger partial charge in [-0.25, -0.2) is 0 Å². The van der Waals surface area contributed by atoms with Crippen molar-refractivity contribution >= 4 is 5.71 Å². The molecule has 1 rings (SSSR count). The lowest BCUT2D eigenvalue weighted by Gasteiger charge is -2.16. The molecule has 1 atom stereocenters. The Labute approximate surface area is 62.3 Å². The summed E-state index contributed by atoms with van der Waals surface area (Å²) in [5, 5.41) is 0. The predicted octanol–water partition coefficient (Wildman–Crippen LogP) is 1.99. The van der Waals surface area contributed by atoms with Gasteiger partial charge in [-0.05, 0) is 19.8 Å². The normalized spacial score (nSPS) is 32.5. The van der Waals surface area contributed by atoms with Crippen LogP contribution in [0.3, 0.4) is 0 Å². The van der Waals surface area contributed by atoms with E-state index in [-0.39, 0.29) is 5.72 Å². The topological polar surface area (TPSA) is 21.6 Å². The molecule has 2 heteroatoms. The molecule has 0 aromatic rings. The van der Waals surface area contributed by atoms with Gasteiger partial charge in [0.25, 0.3) is 0 Å². The summed E-state index contributed by atoms with van der Waals surface area (Å²) in [5.74, 6) is 0. The van der Waals surface area contributed by atoms with Crippen LogP contribution in [0.2, 0.25) is 0 Å². The average molecular weight is 141 g/mol. The first-order valence-electron chi connectivity index (χ1n) is 3.91. The summed E-state index contributed by atoms with van der Waals surface area (Å²) >= 11 is 0. The van der Waals surface area contributed by atoms with E-state index in [4.69, 9.17) is 4.74 Å². The van der Waals surface area contributed by atoms with Crippen molar-refractivity contribution in [2.45, 2.75) is 39.3 Å². The van der Waals surface area contributed by atoms with Crippen molar-refractivity contribution in [1.82, 2.24) is 0 Å². The molecule has 0 aromatic carbocycles. The second-order valence-corrected chi connectivity index (χ2v) is 2.85. The number of aliphatic imine (C=N–C) groups is 1. The SMILES string of the molecule is CCC1=NC(C)(CC)OC1. The molecule has 0 aliphatic carbocycles. The lowest BCUT2D eigenvalue weighted by Crippen LogP contribution is -2.19. The zero-order valence-corrected chi connectivity index (χ0v) is 6.98. The van der Waals surface area contributed by atoms with Crippen LogP contribution in [0.1, 0.15) is 33.6 Å². The van der Waals surface area contributed by atoms with Gasteiger partial charge in [-0.1, -0.05) is 13.8 Å². The third-order valence-electron chi connectivity index (χ3n) is 2.01. The molecule has 1 aliphatic rings. The number of hydrogen-bond acceptors (Lipinski definition) is 2. The highest BCUT2D eigenvalue weighted by molar-refractivity contribution is 5.86. The summed E-state index contributed by atoms with van der Waals surface area (Å²) < 4.78 is 5.49. The second kappa shape index (κ2) is 2.70. The number of hydrogen-bond donors (Lipinski definition) is 0. The molecular formula is C8H15NO. The molecule has 1 heterocycles. The van der Waals surface area contributed by atoms with Crippen molar-refractivity contribution in [2.24, 2.45) is 4.99 Å². The van der Waals surface area contributed by atoms with Gasteiger partial charge in [0.05, 0.1) is 6.61 Å². The van der Waals surface area contributed by atoms with Gasteiger partial charge in [0, 0.05) is 5.71 Å². The van der Waals surface area contributed by atoms with Gasteiger partial charge < -0.3 is 4.74 Å². The van der Waals surface area contributed by atoms with Gasteiger partial charge in [-0.3, -0.25) is 4.99 Å². The highest BCUT2D eigenvalue weighted by atomic mass is 16.5. The van der Waals surface area contributed by atoms with E-state index in [9.17, 15) is 0 Å². The first-order valence-corrected chi connectivity index (χ1v) is 3.91. The zero-order chi connectivity index (χ0) is 7.61. The van der Waals surface area contributed by atoms with Gasteiger partial charge in [0.1, 0.15) is 0 Å². The largest absolute Gasteiger partial charge is 0.348 e. The minimum atomic E-state index is -0.203. The standard InChI is InChI=1S/C8H15NO/c1-4-7-6-10-8(3,5-2)9-7/h4-6H2,1-3H3. The van der Waals surface area contributed by atoms with E-state index in [2.05, 4.69) is 18.8 Å². The molecule has 2 nitrogen and oxygen atoms in total. The summed E-state index contributed by atoms with van der Waals surface area (Å²) in [6.07, 6.45) is 1.99. The van der Waals surface area contributed by atoms with E-state index >= 15 is 0 Å². The monoisotopic (exact) mass is 141 g/mol. The fourth-order valence-electron chi connectivity index (χ4n) is 1.00. The average Bonchev–Trinajstić information content (AvgIpc) is 2.33. The van der Waals surface area contributed by atoms with Crippen LogP contribution in [0, 0.1) is 0 Å². The molecule has 0 saturated carbocycles. The van der Waals surface area contributed by atoms with Crippen LogP contribution in [-0.4, -0.2) is 18.0 Å². The Balaban J connectivity index is 2.61. The molecule has 1 unspecified atom stereocenters. The van der Waals surface area contributed by atoms with Crippen molar-refractivity contribution in [3.8, 4) is 0 Å². The summed E-state index contributed by atoms with van der Waals surface area (Å²) in [6, 6.07) is 0. The number of nitrogens with zero attached hydrogens (tertiary/aromatic N) is 1. The number of ether oxygens (including phenoxy) is 1. The van der Waals surface area contributed by atoms with Crippen molar-refractivity contribution in [3.63, 3.8) is 0 Å². The van der Waals surface area contributed by atoms with Gasteiger partial charge >= 0.3 is 0 Å². The molecule has 0 fully saturated rings. The minimum Gasteiger partial charge on any atom is -0.348 e. The van der Waals surface area contributed by atoms with Gasteiger partial charge in [0.15, 0.2) is 5.72 Å². The molecule has 58 valence electrons. The Morgan fingerprint density at radius 2 is 2.30 bits per heavy atom. The maximum absolute atomic E-state index is 5.49. The first-order chi connectivity index (χ1) is 4.70. The minimum absolute atomic E-state index is 0.203. The van der Waals surface area contributed by atoms with Crippen LogP contribution in [0.4, 0.5) is 0 Å². The van der Waals surface area contributed by atoms with E-state index < -0.39 is 0 Å².